The van der Waals surface area contributed by atoms with Gasteiger partial charge in [0.2, 0.25) is 15.9 Å². The molecule has 3 rings (SSSR count). The first-order valence-electron chi connectivity index (χ1n) is 9.04. The van der Waals surface area contributed by atoms with Crippen LogP contribution in [0, 0.1) is 17.5 Å². The number of halogens is 5. The van der Waals surface area contributed by atoms with E-state index >= 15 is 0 Å². The summed E-state index contributed by atoms with van der Waals surface area (Å²) >= 11 is 11.8. The van der Waals surface area contributed by atoms with Crippen molar-refractivity contribution in [2.24, 2.45) is 0 Å². The summed E-state index contributed by atoms with van der Waals surface area (Å²) in [7, 11) is -4.35. The van der Waals surface area contributed by atoms with Gasteiger partial charge >= 0.3 is 0 Å². The predicted molar refractivity (Wildman–Crippen MR) is 116 cm³/mol. The van der Waals surface area contributed by atoms with Crippen molar-refractivity contribution in [1.29, 1.82) is 0 Å². The van der Waals surface area contributed by atoms with Crippen LogP contribution in [-0.2, 0) is 21.2 Å². The molecule has 0 unspecified atom stereocenters. The predicted octanol–water partition coefficient (Wildman–Crippen LogP) is 4.94. The fourth-order valence-corrected chi connectivity index (χ4v) is 4.77. The van der Waals surface area contributed by atoms with Crippen LogP contribution in [0.25, 0.3) is 0 Å². The molecule has 0 aromatic heterocycles. The smallest absolute Gasteiger partial charge is 0.242 e. The molecule has 1 atom stereocenters. The number of benzene rings is 3. The summed E-state index contributed by atoms with van der Waals surface area (Å²) in [5.74, 6) is -5.82. The average molecular weight is 503 g/mol. The van der Waals surface area contributed by atoms with E-state index in [1.165, 1.54) is 12.1 Å². The first kappa shape index (κ1) is 24.1. The maximum atomic E-state index is 14.0. The van der Waals surface area contributed by atoms with Crippen molar-refractivity contribution in [3.05, 3.63) is 93.7 Å². The largest absolute Gasteiger partial charge is 0.322 e. The fraction of sp³-hybridized carbons (Fsp3) is 0.0952. The monoisotopic (exact) mass is 502 g/mol. The molecule has 0 aliphatic rings. The Morgan fingerprint density at radius 3 is 2.31 bits per heavy atom. The summed E-state index contributed by atoms with van der Waals surface area (Å²) < 4.78 is 68.8. The molecule has 2 N–H and O–H groups in total. The summed E-state index contributed by atoms with van der Waals surface area (Å²) in [5, 5.41) is 2.06. The van der Waals surface area contributed by atoms with Gasteiger partial charge in [0, 0.05) is 5.02 Å². The Kier molecular flexibility index (Phi) is 7.45. The molecule has 0 aliphatic carbocycles. The summed E-state index contributed by atoms with van der Waals surface area (Å²) in [5.41, 5.74) is -0.0646. The number of amides is 1. The number of hydrogen-bond acceptors (Lipinski definition) is 3. The molecule has 0 saturated heterocycles. The van der Waals surface area contributed by atoms with Crippen molar-refractivity contribution < 1.29 is 26.4 Å². The molecule has 0 saturated carbocycles. The van der Waals surface area contributed by atoms with Gasteiger partial charge in [0.05, 0.1) is 10.7 Å². The van der Waals surface area contributed by atoms with Crippen LogP contribution < -0.4 is 10.0 Å². The third-order valence-corrected chi connectivity index (χ3v) is 6.56. The van der Waals surface area contributed by atoms with Gasteiger partial charge in [-0.15, -0.1) is 0 Å². The number of nitrogens with one attached hydrogen (secondary N) is 2. The van der Waals surface area contributed by atoms with E-state index in [1.807, 2.05) is 0 Å². The van der Waals surface area contributed by atoms with Gasteiger partial charge in [-0.3, -0.25) is 4.79 Å². The van der Waals surface area contributed by atoms with Gasteiger partial charge in [-0.2, -0.15) is 4.72 Å². The summed E-state index contributed by atoms with van der Waals surface area (Å²) in [6.45, 7) is 0. The molecule has 3 aromatic rings. The van der Waals surface area contributed by atoms with E-state index in [9.17, 15) is 26.4 Å². The maximum Gasteiger partial charge on any atom is 0.242 e. The quantitative estimate of drug-likeness (QED) is 0.449. The summed E-state index contributed by atoms with van der Waals surface area (Å²) in [4.78, 5) is 12.5. The Balaban J connectivity index is 1.94. The van der Waals surface area contributed by atoms with Crippen LogP contribution in [0.4, 0.5) is 18.9 Å². The molecule has 168 valence electrons. The van der Waals surface area contributed by atoms with E-state index in [0.717, 1.165) is 12.1 Å². The number of anilines is 1. The lowest BCUT2D eigenvalue weighted by Crippen LogP contribution is -2.45. The number of rotatable bonds is 7. The highest BCUT2D eigenvalue weighted by Crippen LogP contribution is 2.26. The van der Waals surface area contributed by atoms with Crippen LogP contribution in [0.3, 0.4) is 0 Å². The first-order valence-corrected chi connectivity index (χ1v) is 11.3. The van der Waals surface area contributed by atoms with Gasteiger partial charge in [0.1, 0.15) is 10.9 Å². The zero-order chi connectivity index (χ0) is 23.5. The molecule has 0 bridgehead atoms. The van der Waals surface area contributed by atoms with Gasteiger partial charge in [-0.1, -0.05) is 53.5 Å². The van der Waals surface area contributed by atoms with Crippen LogP contribution >= 0.6 is 23.2 Å². The van der Waals surface area contributed by atoms with Gasteiger partial charge < -0.3 is 5.32 Å². The van der Waals surface area contributed by atoms with E-state index < -0.39 is 45.1 Å². The van der Waals surface area contributed by atoms with Gasteiger partial charge in [0.25, 0.3) is 0 Å². The highest BCUT2D eigenvalue weighted by atomic mass is 35.5. The van der Waals surface area contributed by atoms with Crippen LogP contribution in [0.5, 0.6) is 0 Å². The Labute approximate surface area is 192 Å². The standard InChI is InChI=1S/C21H15Cl2F3N2O3S/c22-13-6-7-14(23)18(11-13)32(30,31)28-17(10-12-4-2-1-3-5-12)21(29)27-16-9-8-15(24)19(25)20(16)26/h1-9,11,17,28H,10H2,(H,27,29)/t17-/m1/s1. The molecule has 0 fully saturated rings. The van der Waals surface area contributed by atoms with E-state index in [4.69, 9.17) is 23.2 Å². The third kappa shape index (κ3) is 5.60. The SMILES string of the molecule is O=C(Nc1ccc(F)c(F)c1F)[C@@H](Cc1ccccc1)NS(=O)(=O)c1cc(Cl)ccc1Cl. The molecule has 0 radical (unpaired) electrons. The second-order valence-corrected chi connectivity index (χ2v) is 9.18. The van der Waals surface area contributed by atoms with Crippen LogP contribution in [-0.4, -0.2) is 20.4 Å². The highest BCUT2D eigenvalue weighted by molar-refractivity contribution is 7.89. The normalized spacial score (nSPS) is 12.4. The topological polar surface area (TPSA) is 75.3 Å². The molecule has 32 heavy (non-hydrogen) atoms. The summed E-state index contributed by atoms with van der Waals surface area (Å²) in [6, 6.07) is 12.2. The van der Waals surface area contributed by atoms with E-state index in [2.05, 4.69) is 10.0 Å². The van der Waals surface area contributed by atoms with Gasteiger partial charge in [-0.25, -0.2) is 21.6 Å². The lowest BCUT2D eigenvalue weighted by molar-refractivity contribution is -0.117. The van der Waals surface area contributed by atoms with E-state index in [-0.39, 0.29) is 21.4 Å². The Morgan fingerprint density at radius 2 is 1.62 bits per heavy atom. The minimum Gasteiger partial charge on any atom is -0.322 e. The Morgan fingerprint density at radius 1 is 0.938 bits per heavy atom. The number of hydrogen-bond donors (Lipinski definition) is 2. The lowest BCUT2D eigenvalue weighted by Gasteiger charge is -2.19. The molecule has 0 spiro atoms. The minimum absolute atomic E-state index is 0.0997. The average Bonchev–Trinajstić information content (AvgIpc) is 2.76. The molecule has 11 heteroatoms. The van der Waals surface area contributed by atoms with Crippen LogP contribution in [0.15, 0.2) is 65.6 Å². The van der Waals surface area contributed by atoms with Gasteiger partial charge in [-0.05, 0) is 42.3 Å². The molecular weight excluding hydrogens is 488 g/mol. The van der Waals surface area contributed by atoms with Crippen molar-refractivity contribution >= 4 is 44.8 Å². The number of carbonyl (C=O) groups excluding carboxylic acids is 1. The van der Waals surface area contributed by atoms with Crippen molar-refractivity contribution in [3.63, 3.8) is 0 Å². The lowest BCUT2D eigenvalue weighted by atomic mass is 10.1. The maximum absolute atomic E-state index is 14.0. The van der Waals surface area contributed by atoms with E-state index in [0.29, 0.717) is 11.6 Å². The Hall–Kier alpha value is -2.59. The zero-order valence-corrected chi connectivity index (χ0v) is 18.4. The second kappa shape index (κ2) is 9.91. The number of carbonyl (C=O) groups is 1. The zero-order valence-electron chi connectivity index (χ0n) is 16.1. The molecule has 3 aromatic carbocycles. The first-order chi connectivity index (χ1) is 15.1. The third-order valence-electron chi connectivity index (χ3n) is 4.37. The highest BCUT2D eigenvalue weighted by Gasteiger charge is 2.29. The van der Waals surface area contributed by atoms with Crippen molar-refractivity contribution in [1.82, 2.24) is 4.72 Å². The fourth-order valence-electron chi connectivity index (χ4n) is 2.81. The minimum atomic E-state index is -4.35. The van der Waals surface area contributed by atoms with Crippen molar-refractivity contribution in [3.8, 4) is 0 Å². The Bertz CT molecular complexity index is 1260. The van der Waals surface area contributed by atoms with Gasteiger partial charge in [0.15, 0.2) is 17.5 Å². The van der Waals surface area contributed by atoms with Crippen molar-refractivity contribution in [2.45, 2.75) is 17.4 Å². The molecular formula is C21H15Cl2F3N2O3S. The molecule has 0 aliphatic heterocycles. The second-order valence-electron chi connectivity index (χ2n) is 6.65. The van der Waals surface area contributed by atoms with E-state index in [1.54, 1.807) is 30.3 Å². The summed E-state index contributed by atoms with van der Waals surface area (Å²) in [6.07, 6.45) is -0.130. The van der Waals surface area contributed by atoms with Crippen LogP contribution in [0.2, 0.25) is 10.0 Å². The molecule has 0 heterocycles. The van der Waals surface area contributed by atoms with Crippen molar-refractivity contribution in [2.75, 3.05) is 5.32 Å². The number of sulfonamides is 1. The van der Waals surface area contributed by atoms with Crippen LogP contribution in [0.1, 0.15) is 5.56 Å². The molecule has 1 amide bonds. The molecule has 5 nitrogen and oxygen atoms in total.